The number of pyridine rings is 2. The topological polar surface area (TPSA) is 169 Å². The molecule has 3 aliphatic heterocycles. The Labute approximate surface area is 395 Å². The second-order valence-corrected chi connectivity index (χ2v) is 17.0. The van der Waals surface area contributed by atoms with Gasteiger partial charge in [-0.15, -0.1) is 0 Å². The predicted octanol–water partition coefficient (Wildman–Crippen LogP) is 9.18. The molecule has 2 N–H and O–H groups in total. The molecule has 16 nitrogen and oxygen atoms in total. The van der Waals surface area contributed by atoms with E-state index in [2.05, 4.69) is 103 Å². The van der Waals surface area contributed by atoms with Gasteiger partial charge in [0, 0.05) is 72.7 Å². The Bertz CT molecular complexity index is 3520. The van der Waals surface area contributed by atoms with Crippen LogP contribution in [0.3, 0.4) is 0 Å². The lowest BCUT2D eigenvalue weighted by Crippen LogP contribution is -2.36. The van der Waals surface area contributed by atoms with Gasteiger partial charge >= 0.3 is 0 Å². The van der Waals surface area contributed by atoms with Crippen LogP contribution in [0.4, 0.5) is 20.2 Å². The van der Waals surface area contributed by atoms with Crippen LogP contribution < -0.4 is 9.80 Å². The number of fused-ring (bicyclic) bond motifs is 6. The maximum atomic E-state index is 13.7. The largest absolute Gasteiger partial charge is 0.378 e. The van der Waals surface area contributed by atoms with Gasteiger partial charge in [0.1, 0.15) is 34.3 Å². The summed E-state index contributed by atoms with van der Waals surface area (Å²) in [5.41, 5.74) is 11.8. The number of nitrogens with one attached hydrogen (secondary N) is 2. The van der Waals surface area contributed by atoms with Crippen LogP contribution in [0.5, 0.6) is 0 Å². The zero-order valence-electron chi connectivity index (χ0n) is 39.0. The van der Waals surface area contributed by atoms with Gasteiger partial charge in [-0.25, -0.2) is 28.7 Å². The van der Waals surface area contributed by atoms with E-state index in [0.717, 1.165) is 125 Å². The number of hydrogen-bond donors (Lipinski definition) is 2. The highest BCUT2D eigenvalue weighted by Gasteiger charge is 2.27. The van der Waals surface area contributed by atoms with Crippen LogP contribution in [0.2, 0.25) is 0 Å². The average Bonchev–Trinajstić information content (AvgIpc) is 4.19. The van der Waals surface area contributed by atoms with Crippen molar-refractivity contribution in [2.75, 3.05) is 62.4 Å². The predicted molar refractivity (Wildman–Crippen MR) is 263 cm³/mol. The fourth-order valence-electron chi connectivity index (χ4n) is 9.78. The van der Waals surface area contributed by atoms with Gasteiger partial charge in [-0.2, -0.15) is 10.2 Å². The molecule has 10 aromatic rings. The molecule has 0 saturated carbocycles. The Morgan fingerprint density at radius 2 is 1.19 bits per heavy atom. The van der Waals surface area contributed by atoms with Crippen molar-refractivity contribution < 1.29 is 18.3 Å². The molecule has 350 valence electrons. The first-order valence-electron chi connectivity index (χ1n) is 23.3. The number of para-hydroxylation sites is 1. The third-order valence-electron chi connectivity index (χ3n) is 12.8. The summed E-state index contributed by atoms with van der Waals surface area (Å²) >= 11 is 0. The van der Waals surface area contributed by atoms with Crippen molar-refractivity contribution in [1.82, 2.24) is 59.4 Å². The molecule has 0 amide bonds. The Balaban J connectivity index is 0.000000146. The molecule has 18 heteroatoms. The van der Waals surface area contributed by atoms with Crippen molar-refractivity contribution in [3.8, 4) is 34.2 Å². The van der Waals surface area contributed by atoms with Gasteiger partial charge in [-0.05, 0) is 68.8 Å². The molecule has 2 saturated heterocycles. The molecule has 4 aromatic carbocycles. The number of benzene rings is 4. The average molecular weight is 929 g/mol. The third kappa shape index (κ3) is 7.78. The highest BCUT2D eigenvalue weighted by Crippen LogP contribution is 2.40. The minimum atomic E-state index is -2.62. The molecule has 2 fully saturated rings. The van der Waals surface area contributed by atoms with E-state index in [0.29, 0.717) is 36.1 Å². The van der Waals surface area contributed by atoms with Gasteiger partial charge < -0.3 is 19.3 Å². The summed E-state index contributed by atoms with van der Waals surface area (Å²) in [7, 11) is 0. The molecule has 0 bridgehead atoms. The smallest absolute Gasteiger partial charge is 0.265 e. The fraction of sp³-hybridized carbons (Fsp3) is 0.294. The molecule has 69 heavy (non-hydrogen) atoms. The summed E-state index contributed by atoms with van der Waals surface area (Å²) in [5.74, 6) is 4.49. The number of rotatable bonds is 6. The number of aromatic nitrogens is 12. The van der Waals surface area contributed by atoms with Crippen LogP contribution in [0, 0.1) is 20.8 Å². The summed E-state index contributed by atoms with van der Waals surface area (Å²) < 4.78 is 42.8. The van der Waals surface area contributed by atoms with Gasteiger partial charge in [0.25, 0.3) is 6.43 Å². The molecule has 0 aliphatic carbocycles. The lowest BCUT2D eigenvalue weighted by atomic mass is 10.0. The summed E-state index contributed by atoms with van der Waals surface area (Å²) in [6.45, 7) is 15.7. The normalized spacial score (nSPS) is 14.6. The van der Waals surface area contributed by atoms with Crippen molar-refractivity contribution in [3.63, 3.8) is 0 Å². The Morgan fingerprint density at radius 1 is 0.609 bits per heavy atom. The molecule has 3 aliphatic rings. The van der Waals surface area contributed by atoms with Crippen molar-refractivity contribution in [1.29, 1.82) is 0 Å². The van der Waals surface area contributed by atoms with E-state index in [1.54, 1.807) is 12.3 Å². The minimum absolute atomic E-state index is 0.0858. The van der Waals surface area contributed by atoms with Gasteiger partial charge in [0.15, 0.2) is 11.6 Å². The van der Waals surface area contributed by atoms with Gasteiger partial charge in [-0.1, -0.05) is 44.2 Å². The first-order chi connectivity index (χ1) is 33.8. The second-order valence-electron chi connectivity index (χ2n) is 17.0. The fourth-order valence-corrected chi connectivity index (χ4v) is 9.78. The lowest BCUT2D eigenvalue weighted by Gasteiger charge is -2.29. The van der Waals surface area contributed by atoms with E-state index in [-0.39, 0.29) is 11.1 Å². The van der Waals surface area contributed by atoms with Crippen LogP contribution in [0.1, 0.15) is 54.7 Å². The highest BCUT2D eigenvalue weighted by atomic mass is 19.3. The second kappa shape index (κ2) is 18.1. The molecule has 9 heterocycles. The molecule has 6 aromatic heterocycles. The monoisotopic (exact) mass is 928 g/mol. The zero-order chi connectivity index (χ0) is 47.3. The molecular weight excluding hydrogens is 879 g/mol. The Morgan fingerprint density at radius 3 is 1.80 bits per heavy atom. The van der Waals surface area contributed by atoms with E-state index in [1.807, 2.05) is 57.5 Å². The number of hydrogen-bond acceptors (Lipinski definition) is 12. The van der Waals surface area contributed by atoms with Crippen molar-refractivity contribution >= 4 is 55.2 Å². The van der Waals surface area contributed by atoms with Crippen molar-refractivity contribution in [2.45, 2.75) is 47.5 Å². The van der Waals surface area contributed by atoms with Crippen LogP contribution in [-0.4, -0.2) is 112 Å². The molecular formula is C51H50F2N14O2. The maximum absolute atomic E-state index is 13.7. The number of morpholine rings is 2. The molecule has 0 spiro atoms. The Hall–Kier alpha value is -7.70. The summed E-state index contributed by atoms with van der Waals surface area (Å²) in [6.07, 6.45) is 1.61. The number of imidazole rings is 2. The van der Waals surface area contributed by atoms with Crippen LogP contribution in [0.25, 0.3) is 78.0 Å². The molecule has 0 unspecified atom stereocenters. The molecule has 13 rings (SSSR count). The number of nitrogens with zero attached hydrogens (tertiary/aromatic N) is 12. The number of halogens is 2. The van der Waals surface area contributed by atoms with Crippen molar-refractivity contribution in [3.05, 3.63) is 120 Å². The summed E-state index contributed by atoms with van der Waals surface area (Å²) in [5, 5.41) is 16.6. The SMILES string of the molecule is CC.Cc1nc(-c2cc(N3CCOCC3)cc3c2nc(C)n3-c2ccnc3c(C(F)F)cccc23)n[nH]1.Cc1nc(-c2cc(N3CCOCC3)cc3c2nc2n3-c3ccnc4cccc(c34)C2)n[nH]1. The number of alkyl halides is 2. The molecule has 0 radical (unpaired) electrons. The number of aromatic amines is 2. The van der Waals surface area contributed by atoms with E-state index >= 15 is 0 Å². The highest BCUT2D eigenvalue weighted by molar-refractivity contribution is 6.00. The number of anilines is 2. The van der Waals surface area contributed by atoms with Crippen LogP contribution >= 0.6 is 0 Å². The third-order valence-corrected chi connectivity index (χ3v) is 12.8. The zero-order valence-corrected chi connectivity index (χ0v) is 39.0. The quantitative estimate of drug-likeness (QED) is 0.162. The summed E-state index contributed by atoms with van der Waals surface area (Å²) in [4.78, 5) is 32.7. The van der Waals surface area contributed by atoms with E-state index in [1.165, 1.54) is 17.0 Å². The molecule has 0 atom stereocenters. The first kappa shape index (κ1) is 43.8. The van der Waals surface area contributed by atoms with E-state index in [4.69, 9.17) is 19.4 Å². The van der Waals surface area contributed by atoms with Gasteiger partial charge in [0.05, 0.1) is 71.0 Å². The minimum Gasteiger partial charge on any atom is -0.378 e. The number of aryl methyl sites for hydroxylation is 3. The van der Waals surface area contributed by atoms with E-state index in [9.17, 15) is 8.78 Å². The maximum Gasteiger partial charge on any atom is 0.265 e. The van der Waals surface area contributed by atoms with E-state index < -0.39 is 6.43 Å². The lowest BCUT2D eigenvalue weighted by molar-refractivity contribution is 0.122. The van der Waals surface area contributed by atoms with Crippen molar-refractivity contribution in [2.24, 2.45) is 0 Å². The summed E-state index contributed by atoms with van der Waals surface area (Å²) in [6, 6.07) is 23.7. The number of H-pyrrole nitrogens is 2. The van der Waals surface area contributed by atoms with Gasteiger partial charge in [-0.3, -0.25) is 29.3 Å². The number of ether oxygens (including phenoxy) is 2. The standard InChI is InChI=1S/C25H23F2N7O.C24H21N7O.C2H6/c1-14-29-25(32-31-14)19-12-16(33-8-10-35-11-9-33)13-21-23(19)30-15(2)34(21)20-6-7-28-22-17(20)4-3-5-18(22)24(26)27;1-14-26-24(29-28-14)17-12-16(30-7-9-32-10-8-30)13-20-23(17)27-21-11-15-3-2-4-18-22(15)19(31(20)21)5-6-25-18;1-2/h3-7,12-13,24H,8-11H2,1-2H3,(H,29,31,32);2-6,12-13H,7-11H2,1H3,(H,26,28,29);1-2H3. The van der Waals surface area contributed by atoms with Gasteiger partial charge in [0.2, 0.25) is 0 Å². The van der Waals surface area contributed by atoms with Crippen LogP contribution in [-0.2, 0) is 15.9 Å². The van der Waals surface area contributed by atoms with Crippen LogP contribution in [0.15, 0.2) is 85.2 Å². The Kier molecular flexibility index (Phi) is 11.5. The first-order valence-corrected chi connectivity index (χ1v) is 23.3.